The van der Waals surface area contributed by atoms with Crippen molar-refractivity contribution in [3.8, 4) is 0 Å². The Morgan fingerprint density at radius 3 is 2.24 bits per heavy atom. The molecule has 4 bridgehead atoms. The molecule has 1 heterocycles. The van der Waals surface area contributed by atoms with Crippen LogP contribution in [-0.4, -0.2) is 23.3 Å². The molecule has 4 fully saturated rings. The second-order valence-electron chi connectivity index (χ2n) is 8.45. The van der Waals surface area contributed by atoms with Crippen LogP contribution in [0, 0.1) is 23.2 Å². The van der Waals surface area contributed by atoms with Gasteiger partial charge in [-0.15, -0.1) is 0 Å². The van der Waals surface area contributed by atoms with Gasteiger partial charge in [-0.2, -0.15) is 0 Å². The molecule has 1 atom stereocenters. The van der Waals surface area contributed by atoms with Crippen molar-refractivity contribution < 1.29 is 9.59 Å². The maximum atomic E-state index is 12.9. The maximum absolute atomic E-state index is 12.9. The van der Waals surface area contributed by atoms with Gasteiger partial charge in [0, 0.05) is 17.8 Å². The lowest BCUT2D eigenvalue weighted by atomic mass is 9.49. The molecule has 5 heteroatoms. The van der Waals surface area contributed by atoms with Crippen molar-refractivity contribution in [2.24, 2.45) is 23.2 Å². The van der Waals surface area contributed by atoms with Crippen LogP contribution in [0.15, 0.2) is 24.5 Å². The summed E-state index contributed by atoms with van der Waals surface area (Å²) in [4.78, 5) is 29.1. The van der Waals surface area contributed by atoms with E-state index in [0.29, 0.717) is 0 Å². The third-order valence-electron chi connectivity index (χ3n) is 6.51. The van der Waals surface area contributed by atoms with E-state index in [1.165, 1.54) is 19.3 Å². The molecule has 1 aromatic heterocycles. The summed E-state index contributed by atoms with van der Waals surface area (Å²) in [6, 6.07) is 3.68. The largest absolute Gasteiger partial charge is 0.348 e. The minimum absolute atomic E-state index is 0.0655. The zero-order chi connectivity index (χ0) is 17.4. The molecule has 5 nitrogen and oxygen atoms in total. The number of amides is 2. The van der Waals surface area contributed by atoms with Crippen molar-refractivity contribution in [3.63, 3.8) is 0 Å². The zero-order valence-corrected chi connectivity index (χ0v) is 14.8. The molecule has 2 amide bonds. The molecular weight excluding hydrogens is 314 g/mol. The number of rotatable bonds is 5. The number of carbonyl (C=O) groups excluding carboxylic acids is 2. The first-order valence-corrected chi connectivity index (χ1v) is 9.52. The van der Waals surface area contributed by atoms with E-state index in [2.05, 4.69) is 15.6 Å². The second kappa shape index (κ2) is 6.43. The van der Waals surface area contributed by atoms with Crippen LogP contribution in [0.2, 0.25) is 0 Å². The Morgan fingerprint density at radius 2 is 1.68 bits per heavy atom. The quantitative estimate of drug-likeness (QED) is 0.865. The summed E-state index contributed by atoms with van der Waals surface area (Å²) in [5, 5.41) is 5.88. The van der Waals surface area contributed by atoms with Crippen molar-refractivity contribution in [3.05, 3.63) is 30.1 Å². The summed E-state index contributed by atoms with van der Waals surface area (Å²) < 4.78 is 0. The molecule has 4 saturated carbocycles. The Labute approximate surface area is 149 Å². The SMILES string of the molecule is C[C@H](NC(=O)CNC(=O)C12CC3CC(CC(C3)C1)C2)c1ccncc1. The third-order valence-corrected chi connectivity index (χ3v) is 6.51. The highest BCUT2D eigenvalue weighted by atomic mass is 16.2. The standard InChI is InChI=1S/C20H27N3O2/c1-13(17-2-4-21-5-3-17)23-18(24)12-22-19(25)20-9-14-6-15(10-20)8-16(7-14)11-20/h2-5,13-16H,6-12H2,1H3,(H,22,25)(H,23,24)/t13-,14?,15?,16?,20?/m0/s1. The lowest BCUT2D eigenvalue weighted by Gasteiger charge is -2.55. The zero-order valence-electron chi connectivity index (χ0n) is 14.8. The molecule has 0 spiro atoms. The molecule has 4 aliphatic rings. The van der Waals surface area contributed by atoms with E-state index in [9.17, 15) is 9.59 Å². The minimum Gasteiger partial charge on any atom is -0.348 e. The molecule has 2 N–H and O–H groups in total. The van der Waals surface area contributed by atoms with Gasteiger partial charge in [-0.05, 0) is 80.9 Å². The highest BCUT2D eigenvalue weighted by Gasteiger charge is 2.54. The molecule has 5 rings (SSSR count). The summed E-state index contributed by atoms with van der Waals surface area (Å²) in [6.07, 6.45) is 10.5. The smallest absolute Gasteiger partial charge is 0.239 e. The lowest BCUT2D eigenvalue weighted by molar-refractivity contribution is -0.147. The first-order chi connectivity index (χ1) is 12.0. The highest BCUT2D eigenvalue weighted by molar-refractivity contribution is 5.88. The normalized spacial score (nSPS) is 33.7. The van der Waals surface area contributed by atoms with Gasteiger partial charge in [0.15, 0.2) is 0 Å². The molecule has 25 heavy (non-hydrogen) atoms. The fourth-order valence-electron chi connectivity index (χ4n) is 5.76. The first-order valence-electron chi connectivity index (χ1n) is 9.52. The Balaban J connectivity index is 1.31. The fourth-order valence-corrected chi connectivity index (χ4v) is 5.76. The molecule has 0 aliphatic heterocycles. The topological polar surface area (TPSA) is 71.1 Å². The van der Waals surface area contributed by atoms with E-state index in [1.54, 1.807) is 12.4 Å². The predicted octanol–water partition coefficient (Wildman–Crippen LogP) is 2.59. The van der Waals surface area contributed by atoms with Crippen LogP contribution in [0.1, 0.15) is 57.1 Å². The fraction of sp³-hybridized carbons (Fsp3) is 0.650. The van der Waals surface area contributed by atoms with Crippen LogP contribution >= 0.6 is 0 Å². The highest BCUT2D eigenvalue weighted by Crippen LogP contribution is 2.60. The van der Waals surface area contributed by atoms with Crippen molar-refractivity contribution in [1.29, 1.82) is 0 Å². The summed E-state index contributed by atoms with van der Waals surface area (Å²) in [5.74, 6) is 2.17. The monoisotopic (exact) mass is 341 g/mol. The van der Waals surface area contributed by atoms with Gasteiger partial charge >= 0.3 is 0 Å². The Kier molecular flexibility index (Phi) is 4.26. The van der Waals surface area contributed by atoms with Gasteiger partial charge in [0.25, 0.3) is 0 Å². The van der Waals surface area contributed by atoms with Crippen molar-refractivity contribution in [2.45, 2.75) is 51.5 Å². The number of nitrogens with one attached hydrogen (secondary N) is 2. The third kappa shape index (κ3) is 3.29. The van der Waals surface area contributed by atoms with E-state index >= 15 is 0 Å². The van der Waals surface area contributed by atoms with Gasteiger partial charge in [-0.3, -0.25) is 14.6 Å². The Bertz CT molecular complexity index is 623. The van der Waals surface area contributed by atoms with Crippen LogP contribution in [0.5, 0.6) is 0 Å². The molecule has 0 radical (unpaired) electrons. The molecular formula is C20H27N3O2. The van der Waals surface area contributed by atoms with Gasteiger partial charge in [-0.25, -0.2) is 0 Å². The van der Waals surface area contributed by atoms with E-state index < -0.39 is 0 Å². The number of hydrogen-bond donors (Lipinski definition) is 2. The van der Waals surface area contributed by atoms with E-state index in [-0.39, 0.29) is 29.8 Å². The molecule has 4 aliphatic carbocycles. The van der Waals surface area contributed by atoms with E-state index in [4.69, 9.17) is 0 Å². The average Bonchev–Trinajstić information content (AvgIpc) is 2.59. The summed E-state index contributed by atoms with van der Waals surface area (Å²) in [5.41, 5.74) is 0.821. The van der Waals surface area contributed by atoms with E-state index in [0.717, 1.165) is 42.6 Å². The molecule has 0 saturated heterocycles. The van der Waals surface area contributed by atoms with Crippen LogP contribution < -0.4 is 10.6 Å². The van der Waals surface area contributed by atoms with Crippen molar-refractivity contribution >= 4 is 11.8 Å². The van der Waals surface area contributed by atoms with Crippen LogP contribution in [0.25, 0.3) is 0 Å². The Hall–Kier alpha value is -1.91. The van der Waals surface area contributed by atoms with Crippen molar-refractivity contribution in [2.75, 3.05) is 6.54 Å². The lowest BCUT2D eigenvalue weighted by Crippen LogP contribution is -2.54. The number of nitrogens with zero attached hydrogens (tertiary/aromatic N) is 1. The van der Waals surface area contributed by atoms with Crippen LogP contribution in [-0.2, 0) is 9.59 Å². The molecule has 0 aromatic carbocycles. The van der Waals surface area contributed by atoms with Gasteiger partial charge in [0.05, 0.1) is 12.6 Å². The van der Waals surface area contributed by atoms with Crippen molar-refractivity contribution in [1.82, 2.24) is 15.6 Å². The average molecular weight is 341 g/mol. The number of aromatic nitrogens is 1. The van der Waals surface area contributed by atoms with Gasteiger partial charge < -0.3 is 10.6 Å². The number of carbonyl (C=O) groups is 2. The first kappa shape index (κ1) is 16.6. The molecule has 1 aromatic rings. The summed E-state index contributed by atoms with van der Waals surface area (Å²) in [6.45, 7) is 2.00. The molecule has 134 valence electrons. The second-order valence-corrected chi connectivity index (χ2v) is 8.45. The Morgan fingerprint density at radius 1 is 1.12 bits per heavy atom. The van der Waals surface area contributed by atoms with Crippen LogP contribution in [0.3, 0.4) is 0 Å². The summed E-state index contributed by atoms with van der Waals surface area (Å²) >= 11 is 0. The van der Waals surface area contributed by atoms with Gasteiger partial charge in [-0.1, -0.05) is 0 Å². The van der Waals surface area contributed by atoms with E-state index in [1.807, 2.05) is 19.1 Å². The maximum Gasteiger partial charge on any atom is 0.239 e. The number of hydrogen-bond acceptors (Lipinski definition) is 3. The minimum atomic E-state index is -0.189. The summed E-state index contributed by atoms with van der Waals surface area (Å²) in [7, 11) is 0. The van der Waals surface area contributed by atoms with Crippen LogP contribution in [0.4, 0.5) is 0 Å². The van der Waals surface area contributed by atoms with Gasteiger partial charge in [0.1, 0.15) is 0 Å². The van der Waals surface area contributed by atoms with Gasteiger partial charge in [0.2, 0.25) is 11.8 Å². The molecule has 0 unspecified atom stereocenters. The predicted molar refractivity (Wildman–Crippen MR) is 94.4 cm³/mol. The number of pyridine rings is 1.